The lowest BCUT2D eigenvalue weighted by molar-refractivity contribution is -0.132. The average Bonchev–Trinajstić information content (AvgIpc) is 3.08. The molecular weight excluding hydrogens is 401 g/mol. The molecule has 1 fully saturated rings. The molecule has 0 radical (unpaired) electrons. The average molecular weight is 421 g/mol. The highest BCUT2D eigenvalue weighted by molar-refractivity contribution is 5.81. The first-order valence-corrected chi connectivity index (χ1v) is 9.96. The zero-order valence-electron chi connectivity index (χ0n) is 16.7. The summed E-state index contributed by atoms with van der Waals surface area (Å²) in [5.41, 5.74) is 2.42. The summed E-state index contributed by atoms with van der Waals surface area (Å²) in [6, 6.07) is 7.64. The molecule has 31 heavy (non-hydrogen) atoms. The summed E-state index contributed by atoms with van der Waals surface area (Å²) in [5, 5.41) is 24.3. The minimum atomic E-state index is -0.918. The van der Waals surface area contributed by atoms with Gasteiger partial charge in [0, 0.05) is 36.9 Å². The fraction of sp³-hybridized carbons (Fsp3) is 0.364. The summed E-state index contributed by atoms with van der Waals surface area (Å²) in [6.45, 7) is 1.80. The van der Waals surface area contributed by atoms with Gasteiger partial charge >= 0.3 is 0 Å². The topological polar surface area (TPSA) is 120 Å². The maximum absolute atomic E-state index is 14.9. The van der Waals surface area contributed by atoms with Crippen molar-refractivity contribution in [1.29, 1.82) is 10.5 Å². The van der Waals surface area contributed by atoms with Crippen LogP contribution < -0.4 is 15.4 Å². The van der Waals surface area contributed by atoms with Crippen LogP contribution in [-0.4, -0.2) is 42.7 Å². The van der Waals surface area contributed by atoms with E-state index < -0.39 is 23.9 Å². The Kier molecular flexibility index (Phi) is 6.08. The molecule has 2 atom stereocenters. The van der Waals surface area contributed by atoms with Gasteiger partial charge in [-0.05, 0) is 36.7 Å². The van der Waals surface area contributed by atoms with Crippen LogP contribution in [-0.2, 0) is 22.6 Å². The molecule has 2 aliphatic rings. The highest BCUT2D eigenvalue weighted by atomic mass is 19.1. The number of pyridine rings is 1. The molecule has 2 aromatic rings. The Morgan fingerprint density at radius 1 is 1.39 bits per heavy atom. The number of hydrogen-bond acceptors (Lipinski definition) is 7. The standard InChI is InChI=1S/C22H20FN5O3/c23-18-7-17-19(31-12-15-4-13(8-24)10-27-21(15)17)6-14(18)5-16(9-25)28-22(29)20-11-26-2-1-3-30-20/h4,6-7,10,16,20,26H,1-3,5,11-12H2,(H,28,29)/t16?,20-/m0/s1. The molecule has 1 saturated heterocycles. The lowest BCUT2D eigenvalue weighted by Crippen LogP contribution is -2.46. The van der Waals surface area contributed by atoms with Crippen molar-refractivity contribution in [3.8, 4) is 29.1 Å². The molecule has 2 aliphatic heterocycles. The van der Waals surface area contributed by atoms with Crippen molar-refractivity contribution in [3.63, 3.8) is 0 Å². The second-order valence-electron chi connectivity index (χ2n) is 7.38. The fourth-order valence-corrected chi connectivity index (χ4v) is 3.63. The molecule has 0 saturated carbocycles. The maximum atomic E-state index is 14.9. The van der Waals surface area contributed by atoms with E-state index in [9.17, 15) is 14.4 Å². The Morgan fingerprint density at radius 3 is 3.06 bits per heavy atom. The lowest BCUT2D eigenvalue weighted by Gasteiger charge is -2.22. The summed E-state index contributed by atoms with van der Waals surface area (Å²) >= 11 is 0. The maximum Gasteiger partial charge on any atom is 0.251 e. The van der Waals surface area contributed by atoms with Crippen LogP contribution >= 0.6 is 0 Å². The number of carbonyl (C=O) groups excluding carboxylic acids is 1. The highest BCUT2D eigenvalue weighted by Crippen LogP contribution is 2.38. The SMILES string of the molecule is N#Cc1cnc2c(c1)COc1cc(CC(C#N)NC(=O)[C@@H]3CNCCCO3)c(F)cc1-2. The van der Waals surface area contributed by atoms with Crippen LogP contribution in [0.3, 0.4) is 0 Å². The van der Waals surface area contributed by atoms with Gasteiger partial charge in [-0.25, -0.2) is 4.39 Å². The molecule has 8 nitrogen and oxygen atoms in total. The van der Waals surface area contributed by atoms with Crippen LogP contribution in [0, 0.1) is 28.5 Å². The van der Waals surface area contributed by atoms with E-state index in [0.717, 1.165) is 13.0 Å². The smallest absolute Gasteiger partial charge is 0.251 e. The predicted molar refractivity (Wildman–Crippen MR) is 107 cm³/mol. The summed E-state index contributed by atoms with van der Waals surface area (Å²) in [6.07, 6.45) is 1.54. The largest absolute Gasteiger partial charge is 0.488 e. The molecule has 4 rings (SSSR count). The summed E-state index contributed by atoms with van der Waals surface area (Å²) in [7, 11) is 0. The van der Waals surface area contributed by atoms with E-state index >= 15 is 0 Å². The number of benzene rings is 1. The van der Waals surface area contributed by atoms with E-state index in [0.29, 0.717) is 41.3 Å². The van der Waals surface area contributed by atoms with Crippen LogP contribution in [0.25, 0.3) is 11.3 Å². The molecule has 0 spiro atoms. The Morgan fingerprint density at radius 2 is 2.26 bits per heavy atom. The van der Waals surface area contributed by atoms with E-state index in [4.69, 9.17) is 14.7 Å². The predicted octanol–water partition coefficient (Wildman–Crippen LogP) is 1.58. The molecule has 3 heterocycles. The molecular formula is C22H20FN5O3. The van der Waals surface area contributed by atoms with Gasteiger partial charge in [0.05, 0.1) is 17.3 Å². The Balaban J connectivity index is 1.52. The normalized spacial score (nSPS) is 18.2. The van der Waals surface area contributed by atoms with Gasteiger partial charge in [-0.15, -0.1) is 0 Å². The minimum Gasteiger partial charge on any atom is -0.488 e. The third-order valence-corrected chi connectivity index (χ3v) is 5.22. The van der Waals surface area contributed by atoms with Crippen molar-refractivity contribution in [3.05, 3.63) is 46.9 Å². The van der Waals surface area contributed by atoms with Gasteiger partial charge in [0.2, 0.25) is 0 Å². The highest BCUT2D eigenvalue weighted by Gasteiger charge is 2.26. The lowest BCUT2D eigenvalue weighted by atomic mass is 9.97. The first-order valence-electron chi connectivity index (χ1n) is 9.96. The molecule has 0 aliphatic carbocycles. The van der Waals surface area contributed by atoms with Crippen LogP contribution in [0.4, 0.5) is 4.39 Å². The Labute approximate surface area is 178 Å². The van der Waals surface area contributed by atoms with E-state index in [1.165, 1.54) is 18.3 Å². The number of carbonyl (C=O) groups is 1. The number of rotatable bonds is 4. The first-order chi connectivity index (χ1) is 15.1. The fourth-order valence-electron chi connectivity index (χ4n) is 3.63. The quantitative estimate of drug-likeness (QED) is 0.769. The van der Waals surface area contributed by atoms with E-state index in [2.05, 4.69) is 15.6 Å². The number of nitrogens with one attached hydrogen (secondary N) is 2. The molecule has 9 heteroatoms. The summed E-state index contributed by atoms with van der Waals surface area (Å²) < 4.78 is 26.1. The molecule has 1 amide bonds. The Bertz CT molecular complexity index is 1080. The van der Waals surface area contributed by atoms with Crippen molar-refractivity contribution >= 4 is 5.91 Å². The van der Waals surface area contributed by atoms with Gasteiger partial charge in [-0.2, -0.15) is 10.5 Å². The van der Waals surface area contributed by atoms with Crippen LogP contribution in [0.15, 0.2) is 24.4 Å². The first kappa shape index (κ1) is 20.7. The second kappa shape index (κ2) is 9.09. The number of ether oxygens (including phenoxy) is 2. The van der Waals surface area contributed by atoms with Crippen LogP contribution in [0.5, 0.6) is 5.75 Å². The van der Waals surface area contributed by atoms with Crippen molar-refractivity contribution in [2.75, 3.05) is 19.7 Å². The van der Waals surface area contributed by atoms with E-state index in [1.54, 1.807) is 6.07 Å². The van der Waals surface area contributed by atoms with Gasteiger partial charge in [0.25, 0.3) is 5.91 Å². The van der Waals surface area contributed by atoms with Crippen molar-refractivity contribution in [2.24, 2.45) is 0 Å². The number of amides is 1. The van der Waals surface area contributed by atoms with Crippen molar-refractivity contribution in [1.82, 2.24) is 15.6 Å². The third kappa shape index (κ3) is 4.48. The molecule has 1 aromatic heterocycles. The van der Waals surface area contributed by atoms with E-state index in [1.807, 2.05) is 12.1 Å². The van der Waals surface area contributed by atoms with Crippen molar-refractivity contribution in [2.45, 2.75) is 31.6 Å². The zero-order chi connectivity index (χ0) is 21.8. The number of nitriles is 2. The number of hydrogen-bond donors (Lipinski definition) is 2. The van der Waals surface area contributed by atoms with E-state index in [-0.39, 0.29) is 18.6 Å². The second-order valence-corrected chi connectivity index (χ2v) is 7.38. The number of aromatic nitrogens is 1. The minimum absolute atomic E-state index is 0.0154. The van der Waals surface area contributed by atoms with Gasteiger partial charge < -0.3 is 20.1 Å². The van der Waals surface area contributed by atoms with Gasteiger partial charge in [0.15, 0.2) is 0 Å². The Hall–Kier alpha value is -3.53. The molecule has 158 valence electrons. The van der Waals surface area contributed by atoms with Gasteiger partial charge in [-0.3, -0.25) is 9.78 Å². The van der Waals surface area contributed by atoms with Crippen molar-refractivity contribution < 1.29 is 18.7 Å². The van der Waals surface area contributed by atoms with Gasteiger partial charge in [-0.1, -0.05) is 0 Å². The monoisotopic (exact) mass is 421 g/mol. The zero-order valence-corrected chi connectivity index (χ0v) is 16.7. The number of halogens is 1. The number of nitrogens with zero attached hydrogens (tertiary/aromatic N) is 3. The molecule has 1 unspecified atom stereocenters. The molecule has 2 N–H and O–H groups in total. The summed E-state index contributed by atoms with van der Waals surface area (Å²) in [5.74, 6) is -0.481. The summed E-state index contributed by atoms with van der Waals surface area (Å²) in [4.78, 5) is 16.7. The third-order valence-electron chi connectivity index (χ3n) is 5.22. The van der Waals surface area contributed by atoms with Crippen LogP contribution in [0.1, 0.15) is 23.1 Å². The number of fused-ring (bicyclic) bond motifs is 3. The molecule has 1 aromatic carbocycles. The van der Waals surface area contributed by atoms with Gasteiger partial charge in [0.1, 0.15) is 36.4 Å². The molecule has 0 bridgehead atoms. The van der Waals surface area contributed by atoms with Crippen LogP contribution in [0.2, 0.25) is 0 Å².